The normalized spacial score (nSPS) is 16.5. The van der Waals surface area contributed by atoms with Crippen molar-refractivity contribution < 1.29 is 13.9 Å². The number of amides is 1. The van der Waals surface area contributed by atoms with Gasteiger partial charge in [0.1, 0.15) is 11.4 Å². The highest BCUT2D eigenvalue weighted by atomic mass is 19.1. The number of nitrogens with one attached hydrogen (secondary N) is 1. The van der Waals surface area contributed by atoms with Crippen LogP contribution in [-0.4, -0.2) is 35.2 Å². The van der Waals surface area contributed by atoms with Gasteiger partial charge < -0.3 is 15.0 Å². The molecule has 0 aromatic heterocycles. The summed E-state index contributed by atoms with van der Waals surface area (Å²) in [5.74, 6) is -0.362. The van der Waals surface area contributed by atoms with E-state index in [4.69, 9.17) is 4.74 Å². The summed E-state index contributed by atoms with van der Waals surface area (Å²) >= 11 is 0. The zero-order chi connectivity index (χ0) is 16.5. The van der Waals surface area contributed by atoms with Gasteiger partial charge >= 0.3 is 6.09 Å². The summed E-state index contributed by atoms with van der Waals surface area (Å²) < 4.78 is 18.7. The van der Waals surface area contributed by atoms with Gasteiger partial charge in [0, 0.05) is 5.69 Å². The summed E-state index contributed by atoms with van der Waals surface area (Å²) in [4.78, 5) is 13.4. The van der Waals surface area contributed by atoms with Crippen molar-refractivity contribution in [1.82, 2.24) is 4.90 Å². The molecule has 0 aliphatic carbocycles. The molecule has 1 fully saturated rings. The molecule has 1 aliphatic heterocycles. The highest BCUT2D eigenvalue weighted by Crippen LogP contribution is 2.28. The van der Waals surface area contributed by atoms with Gasteiger partial charge in [-0.3, -0.25) is 0 Å². The number of nitrogens with zero attached hydrogens (tertiary/aromatic N) is 2. The number of carbonyl (C=O) groups excluding carboxylic acids is 1. The molecule has 1 amide bonds. The number of halogens is 1. The van der Waals surface area contributed by atoms with Crippen LogP contribution in [0.4, 0.5) is 14.9 Å². The second kappa shape index (κ2) is 5.48. The predicted octanol–water partition coefficient (Wildman–Crippen LogP) is 3.06. The first-order valence-corrected chi connectivity index (χ1v) is 7.07. The summed E-state index contributed by atoms with van der Waals surface area (Å²) in [6, 6.07) is 6.68. The van der Waals surface area contributed by atoms with Crippen LogP contribution in [0.3, 0.4) is 0 Å². The van der Waals surface area contributed by atoms with Gasteiger partial charge in [-0.1, -0.05) is 0 Å². The van der Waals surface area contributed by atoms with Crippen LogP contribution < -0.4 is 5.32 Å². The number of carbonyl (C=O) groups is 1. The van der Waals surface area contributed by atoms with Gasteiger partial charge in [0.15, 0.2) is 5.54 Å². The first kappa shape index (κ1) is 16.1. The van der Waals surface area contributed by atoms with E-state index in [1.54, 1.807) is 33.8 Å². The number of rotatable bonds is 2. The average Bonchev–Trinajstić information content (AvgIpc) is 2.29. The number of benzene rings is 1. The highest BCUT2D eigenvalue weighted by Gasteiger charge is 2.47. The average molecular weight is 305 g/mol. The molecule has 1 aromatic carbocycles. The summed E-state index contributed by atoms with van der Waals surface area (Å²) in [7, 11) is 0. The Morgan fingerprint density at radius 3 is 2.55 bits per heavy atom. The van der Waals surface area contributed by atoms with Gasteiger partial charge in [-0.2, -0.15) is 5.26 Å². The van der Waals surface area contributed by atoms with E-state index >= 15 is 0 Å². The third-order valence-corrected chi connectivity index (χ3v) is 3.21. The molecule has 0 radical (unpaired) electrons. The molecule has 0 bridgehead atoms. The molecule has 0 unspecified atom stereocenters. The van der Waals surface area contributed by atoms with E-state index < -0.39 is 17.2 Å². The maximum absolute atomic E-state index is 13.4. The van der Waals surface area contributed by atoms with Gasteiger partial charge in [-0.05, 0) is 51.5 Å². The molecule has 1 aromatic rings. The van der Waals surface area contributed by atoms with Crippen molar-refractivity contribution in [2.75, 3.05) is 18.4 Å². The van der Waals surface area contributed by atoms with Gasteiger partial charge in [0.05, 0.1) is 19.2 Å². The minimum Gasteiger partial charge on any atom is -0.444 e. The van der Waals surface area contributed by atoms with Crippen molar-refractivity contribution in [3.8, 4) is 6.07 Å². The topological polar surface area (TPSA) is 65.4 Å². The number of anilines is 1. The molecule has 118 valence electrons. The third-order valence-electron chi connectivity index (χ3n) is 3.21. The molecule has 1 aliphatic rings. The van der Waals surface area contributed by atoms with Crippen LogP contribution in [0.2, 0.25) is 0 Å². The first-order chi connectivity index (χ1) is 10.1. The van der Waals surface area contributed by atoms with Crippen molar-refractivity contribution in [1.29, 1.82) is 5.26 Å². The lowest BCUT2D eigenvalue weighted by atomic mass is 9.91. The number of aryl methyl sites for hydroxylation is 1. The van der Waals surface area contributed by atoms with E-state index in [0.29, 0.717) is 5.69 Å². The van der Waals surface area contributed by atoms with Crippen molar-refractivity contribution in [3.63, 3.8) is 0 Å². The molecule has 6 heteroatoms. The molecule has 1 N–H and O–H groups in total. The Balaban J connectivity index is 2.02. The molecule has 5 nitrogen and oxygen atoms in total. The number of nitriles is 1. The molecular formula is C16H20FN3O2. The second-order valence-electron chi connectivity index (χ2n) is 6.67. The van der Waals surface area contributed by atoms with Crippen LogP contribution in [0.5, 0.6) is 0 Å². The van der Waals surface area contributed by atoms with E-state index in [-0.39, 0.29) is 18.9 Å². The maximum Gasteiger partial charge on any atom is 0.410 e. The fourth-order valence-electron chi connectivity index (χ4n) is 2.32. The molecule has 0 saturated carbocycles. The van der Waals surface area contributed by atoms with E-state index in [9.17, 15) is 14.4 Å². The molecule has 2 rings (SSSR count). The Labute approximate surface area is 129 Å². The van der Waals surface area contributed by atoms with E-state index in [0.717, 1.165) is 5.56 Å². The van der Waals surface area contributed by atoms with E-state index in [1.807, 2.05) is 0 Å². The SMILES string of the molecule is Cc1cc(F)cc(NC2(C#N)CN(C(=O)OC(C)(C)C)C2)c1. The Morgan fingerprint density at radius 2 is 2.05 bits per heavy atom. The second-order valence-corrected chi connectivity index (χ2v) is 6.67. The van der Waals surface area contributed by atoms with Crippen LogP contribution in [0.15, 0.2) is 18.2 Å². The van der Waals surface area contributed by atoms with Gasteiger partial charge in [0.2, 0.25) is 0 Å². The Morgan fingerprint density at radius 1 is 1.41 bits per heavy atom. The minimum atomic E-state index is -0.906. The standard InChI is InChI=1S/C16H20FN3O2/c1-11-5-12(17)7-13(6-11)19-16(8-18)9-20(10-16)14(21)22-15(2,3)4/h5-7,19H,9-10H2,1-4H3. The largest absolute Gasteiger partial charge is 0.444 e. The third kappa shape index (κ3) is 3.67. The fraction of sp³-hybridized carbons (Fsp3) is 0.500. The Bertz CT molecular complexity index is 605. The van der Waals surface area contributed by atoms with Crippen molar-refractivity contribution in [3.05, 3.63) is 29.6 Å². The number of hydrogen-bond donors (Lipinski definition) is 1. The van der Waals surface area contributed by atoms with Gasteiger partial charge in [-0.15, -0.1) is 0 Å². The van der Waals surface area contributed by atoms with E-state index in [1.165, 1.54) is 17.0 Å². The quantitative estimate of drug-likeness (QED) is 0.912. The molecule has 0 spiro atoms. The molecule has 0 atom stereocenters. The van der Waals surface area contributed by atoms with Crippen LogP contribution >= 0.6 is 0 Å². The first-order valence-electron chi connectivity index (χ1n) is 7.07. The molecule has 22 heavy (non-hydrogen) atoms. The van der Waals surface area contributed by atoms with Crippen LogP contribution in [0.25, 0.3) is 0 Å². The van der Waals surface area contributed by atoms with Gasteiger partial charge in [0.25, 0.3) is 0 Å². The maximum atomic E-state index is 13.4. The fourth-order valence-corrected chi connectivity index (χ4v) is 2.32. The van der Waals surface area contributed by atoms with Gasteiger partial charge in [-0.25, -0.2) is 9.18 Å². The summed E-state index contributed by atoms with van der Waals surface area (Å²) in [6.07, 6.45) is -0.449. The van der Waals surface area contributed by atoms with Crippen LogP contribution in [0.1, 0.15) is 26.3 Å². The summed E-state index contributed by atoms with van der Waals surface area (Å²) in [5.41, 5.74) is -0.187. The lowest BCUT2D eigenvalue weighted by Gasteiger charge is -2.46. The van der Waals surface area contributed by atoms with Crippen LogP contribution in [0, 0.1) is 24.1 Å². The Kier molecular flexibility index (Phi) is 4.01. The predicted molar refractivity (Wildman–Crippen MR) is 80.9 cm³/mol. The Hall–Kier alpha value is -2.29. The lowest BCUT2D eigenvalue weighted by Crippen LogP contribution is -2.67. The molecule has 1 saturated heterocycles. The van der Waals surface area contributed by atoms with Crippen LogP contribution in [-0.2, 0) is 4.74 Å². The highest BCUT2D eigenvalue weighted by molar-refractivity contribution is 5.71. The summed E-state index contributed by atoms with van der Waals surface area (Å²) in [6.45, 7) is 7.55. The summed E-state index contributed by atoms with van der Waals surface area (Å²) in [5, 5.41) is 12.4. The zero-order valence-corrected chi connectivity index (χ0v) is 13.2. The lowest BCUT2D eigenvalue weighted by molar-refractivity contribution is 0.00355. The molecule has 1 heterocycles. The number of hydrogen-bond acceptors (Lipinski definition) is 4. The smallest absolute Gasteiger partial charge is 0.410 e. The zero-order valence-electron chi connectivity index (χ0n) is 13.2. The monoisotopic (exact) mass is 305 g/mol. The number of ether oxygens (including phenoxy) is 1. The van der Waals surface area contributed by atoms with E-state index in [2.05, 4.69) is 11.4 Å². The van der Waals surface area contributed by atoms with Crippen molar-refractivity contribution in [2.45, 2.75) is 38.8 Å². The molecular weight excluding hydrogens is 285 g/mol. The number of likely N-dealkylation sites (tertiary alicyclic amines) is 1. The van der Waals surface area contributed by atoms with Crippen molar-refractivity contribution in [2.24, 2.45) is 0 Å². The minimum absolute atomic E-state index is 0.202. The van der Waals surface area contributed by atoms with Crippen molar-refractivity contribution >= 4 is 11.8 Å².